The van der Waals surface area contributed by atoms with E-state index in [9.17, 15) is 31.1 Å². The lowest BCUT2D eigenvalue weighted by molar-refractivity contribution is -0.274. The van der Waals surface area contributed by atoms with Crippen LogP contribution in [0, 0.1) is 0 Å². The average Bonchev–Trinajstić information content (AvgIpc) is 3.30. The van der Waals surface area contributed by atoms with Gasteiger partial charge in [-0.1, -0.05) is 0 Å². The number of nitrogens with zero attached hydrogens (tertiary/aromatic N) is 4. The summed E-state index contributed by atoms with van der Waals surface area (Å²) in [4.78, 5) is 15.7. The van der Waals surface area contributed by atoms with Crippen LogP contribution in [0.3, 0.4) is 0 Å². The minimum atomic E-state index is -5.24. The van der Waals surface area contributed by atoms with E-state index in [1.54, 1.807) is 0 Å². The number of rotatable bonds is 4. The molecule has 1 fully saturated rings. The quantitative estimate of drug-likeness (QED) is 0.599. The van der Waals surface area contributed by atoms with Crippen molar-refractivity contribution in [3.8, 4) is 17.0 Å². The van der Waals surface area contributed by atoms with Crippen LogP contribution in [-0.4, -0.2) is 44.4 Å². The molecule has 1 aliphatic rings. The number of anilines is 1. The molecular formula is C17H12F6N6O2. The second kappa shape index (κ2) is 7.28. The molecule has 0 aliphatic carbocycles. The molecule has 1 aromatic carbocycles. The lowest BCUT2D eigenvalue weighted by Crippen LogP contribution is -2.30. The number of hydrogen-bond donors (Lipinski definition) is 2. The molecule has 3 aromatic rings. The number of alkyl halides is 6. The van der Waals surface area contributed by atoms with Gasteiger partial charge in [-0.25, -0.2) is 4.98 Å². The van der Waals surface area contributed by atoms with E-state index < -0.39 is 29.9 Å². The predicted octanol–water partition coefficient (Wildman–Crippen LogP) is 3.01. The normalized spacial score (nSPS) is 17.1. The van der Waals surface area contributed by atoms with E-state index in [0.29, 0.717) is 19.0 Å². The number of imidazole rings is 1. The molecule has 1 saturated heterocycles. The minimum Gasteiger partial charge on any atom is -0.405 e. The smallest absolute Gasteiger partial charge is 0.405 e. The van der Waals surface area contributed by atoms with Crippen LogP contribution in [0.2, 0.25) is 0 Å². The molecule has 1 aliphatic heterocycles. The number of carbonyl (C=O) groups is 1. The zero-order valence-corrected chi connectivity index (χ0v) is 15.3. The summed E-state index contributed by atoms with van der Waals surface area (Å²) in [5, 5.41) is 13.2. The number of halogens is 6. The molecular weight excluding hydrogens is 434 g/mol. The SMILES string of the molecule is O=C1NCCC1Nc1nnc(-c2ccc(C(F)(F)F)cc2OC(F)(F)F)c2cncn12. The van der Waals surface area contributed by atoms with E-state index in [4.69, 9.17) is 0 Å². The van der Waals surface area contributed by atoms with Gasteiger partial charge in [-0.15, -0.1) is 23.4 Å². The van der Waals surface area contributed by atoms with Gasteiger partial charge in [0, 0.05) is 12.1 Å². The maximum atomic E-state index is 13.0. The highest BCUT2D eigenvalue weighted by Gasteiger charge is 2.36. The van der Waals surface area contributed by atoms with Gasteiger partial charge in [-0.2, -0.15) is 13.2 Å². The van der Waals surface area contributed by atoms with E-state index in [2.05, 4.69) is 30.6 Å². The van der Waals surface area contributed by atoms with Gasteiger partial charge < -0.3 is 15.4 Å². The number of carbonyl (C=O) groups excluding carboxylic acids is 1. The number of ether oxygens (including phenoxy) is 1. The molecule has 31 heavy (non-hydrogen) atoms. The number of amides is 1. The third-order valence-corrected chi connectivity index (χ3v) is 4.50. The van der Waals surface area contributed by atoms with Crippen molar-refractivity contribution in [2.45, 2.75) is 25.0 Å². The molecule has 0 radical (unpaired) electrons. The Balaban J connectivity index is 1.80. The van der Waals surface area contributed by atoms with E-state index in [1.165, 1.54) is 16.9 Å². The Morgan fingerprint density at radius 1 is 1.16 bits per heavy atom. The second-order valence-corrected chi connectivity index (χ2v) is 6.55. The highest BCUT2D eigenvalue weighted by atomic mass is 19.4. The fourth-order valence-corrected chi connectivity index (χ4v) is 3.12. The average molecular weight is 446 g/mol. The van der Waals surface area contributed by atoms with Crippen molar-refractivity contribution < 1.29 is 35.9 Å². The Morgan fingerprint density at radius 3 is 2.58 bits per heavy atom. The standard InChI is InChI=1S/C17H12F6N6O2/c18-16(19,20)8-1-2-9(12(5-8)31-17(21,22)23)13-11-6-24-7-29(11)15(28-27-13)26-10-3-4-25-14(10)30/h1-2,5-7,10H,3-4H2,(H,25,30)(H,26,28). The zero-order chi connectivity index (χ0) is 22.4. The summed E-state index contributed by atoms with van der Waals surface area (Å²) in [7, 11) is 0. The summed E-state index contributed by atoms with van der Waals surface area (Å²) in [5.74, 6) is -1.26. The Kier molecular flexibility index (Phi) is 4.86. The van der Waals surface area contributed by atoms with Crippen LogP contribution in [0.5, 0.6) is 5.75 Å². The molecule has 0 bridgehead atoms. The molecule has 0 saturated carbocycles. The highest BCUT2D eigenvalue weighted by Crippen LogP contribution is 2.39. The van der Waals surface area contributed by atoms with E-state index in [1.807, 2.05) is 0 Å². The van der Waals surface area contributed by atoms with Crippen LogP contribution >= 0.6 is 0 Å². The van der Waals surface area contributed by atoms with Crippen LogP contribution in [0.15, 0.2) is 30.7 Å². The number of aromatic nitrogens is 4. The maximum absolute atomic E-state index is 13.0. The molecule has 4 rings (SSSR count). The summed E-state index contributed by atoms with van der Waals surface area (Å²) in [6, 6.07) is 1.08. The molecule has 0 spiro atoms. The Bertz CT molecular complexity index is 1140. The summed E-state index contributed by atoms with van der Waals surface area (Å²) in [6.45, 7) is 0.457. The Morgan fingerprint density at radius 2 is 1.94 bits per heavy atom. The van der Waals surface area contributed by atoms with Gasteiger partial charge in [-0.3, -0.25) is 9.20 Å². The molecule has 1 unspecified atom stereocenters. The summed E-state index contributed by atoms with van der Waals surface area (Å²) < 4.78 is 82.7. The van der Waals surface area contributed by atoms with Crippen molar-refractivity contribution in [2.75, 3.05) is 11.9 Å². The van der Waals surface area contributed by atoms with Gasteiger partial charge in [0.1, 0.15) is 23.8 Å². The van der Waals surface area contributed by atoms with Gasteiger partial charge in [0.2, 0.25) is 11.9 Å². The molecule has 2 aromatic heterocycles. The summed E-state index contributed by atoms with van der Waals surface area (Å²) in [5.41, 5.74) is -1.73. The van der Waals surface area contributed by atoms with Gasteiger partial charge in [0.25, 0.3) is 0 Å². The van der Waals surface area contributed by atoms with Crippen LogP contribution in [0.1, 0.15) is 12.0 Å². The Labute approximate surface area is 169 Å². The molecule has 8 nitrogen and oxygen atoms in total. The predicted molar refractivity (Wildman–Crippen MR) is 92.9 cm³/mol. The Hall–Kier alpha value is -3.58. The van der Waals surface area contributed by atoms with E-state index in [0.717, 1.165) is 6.07 Å². The molecule has 164 valence electrons. The molecule has 3 heterocycles. The first-order valence-corrected chi connectivity index (χ1v) is 8.73. The molecule has 2 N–H and O–H groups in total. The lowest BCUT2D eigenvalue weighted by atomic mass is 10.1. The maximum Gasteiger partial charge on any atom is 0.573 e. The summed E-state index contributed by atoms with van der Waals surface area (Å²) >= 11 is 0. The summed E-state index contributed by atoms with van der Waals surface area (Å²) in [6.07, 6.45) is -7.12. The first-order chi connectivity index (χ1) is 14.5. The van der Waals surface area contributed by atoms with Gasteiger partial charge in [0.05, 0.1) is 17.3 Å². The number of nitrogens with one attached hydrogen (secondary N) is 2. The van der Waals surface area contributed by atoms with E-state index >= 15 is 0 Å². The van der Waals surface area contributed by atoms with E-state index in [-0.39, 0.29) is 34.7 Å². The number of benzene rings is 1. The third kappa shape index (κ3) is 4.18. The topological polar surface area (TPSA) is 93.4 Å². The van der Waals surface area contributed by atoms with Crippen LogP contribution < -0.4 is 15.4 Å². The van der Waals surface area contributed by atoms with Gasteiger partial charge in [0.15, 0.2) is 0 Å². The van der Waals surface area contributed by atoms with Crippen molar-refractivity contribution in [3.05, 3.63) is 36.3 Å². The molecule has 1 atom stereocenters. The second-order valence-electron chi connectivity index (χ2n) is 6.55. The minimum absolute atomic E-state index is 0.0866. The van der Waals surface area contributed by atoms with Gasteiger partial charge in [-0.05, 0) is 24.6 Å². The van der Waals surface area contributed by atoms with Crippen LogP contribution in [0.4, 0.5) is 32.3 Å². The highest BCUT2D eigenvalue weighted by molar-refractivity contribution is 5.86. The zero-order valence-electron chi connectivity index (χ0n) is 15.3. The van der Waals surface area contributed by atoms with Crippen molar-refractivity contribution in [3.63, 3.8) is 0 Å². The fraction of sp³-hybridized carbons (Fsp3) is 0.294. The van der Waals surface area contributed by atoms with Crippen molar-refractivity contribution >= 4 is 17.4 Å². The molecule has 14 heteroatoms. The largest absolute Gasteiger partial charge is 0.573 e. The molecule has 1 amide bonds. The monoisotopic (exact) mass is 446 g/mol. The third-order valence-electron chi connectivity index (χ3n) is 4.50. The van der Waals surface area contributed by atoms with Crippen LogP contribution in [-0.2, 0) is 11.0 Å². The number of hydrogen-bond acceptors (Lipinski definition) is 6. The first kappa shape index (κ1) is 20.7. The van der Waals surface area contributed by atoms with Crippen LogP contribution in [0.25, 0.3) is 16.8 Å². The lowest BCUT2D eigenvalue weighted by Gasteiger charge is -2.17. The van der Waals surface area contributed by atoms with Crippen molar-refractivity contribution in [2.24, 2.45) is 0 Å². The fourth-order valence-electron chi connectivity index (χ4n) is 3.12. The first-order valence-electron chi connectivity index (χ1n) is 8.73. The van der Waals surface area contributed by atoms with Crippen molar-refractivity contribution in [1.29, 1.82) is 0 Å². The van der Waals surface area contributed by atoms with Gasteiger partial charge >= 0.3 is 12.5 Å². The van der Waals surface area contributed by atoms with Crippen molar-refractivity contribution in [1.82, 2.24) is 24.9 Å². The number of fused-ring (bicyclic) bond motifs is 1.